The van der Waals surface area contributed by atoms with Crippen LogP contribution in [-0.4, -0.2) is 29.8 Å². The van der Waals surface area contributed by atoms with Crippen LogP contribution in [0.15, 0.2) is 24.3 Å². The number of carboxylic acids is 1. The van der Waals surface area contributed by atoms with Crippen molar-refractivity contribution < 1.29 is 19.4 Å². The number of ether oxygens (including phenoxy) is 1. The number of amides is 2. The second kappa shape index (κ2) is 8.84. The van der Waals surface area contributed by atoms with Gasteiger partial charge < -0.3 is 20.5 Å². The lowest BCUT2D eigenvalue weighted by Gasteiger charge is -2.14. The van der Waals surface area contributed by atoms with Gasteiger partial charge in [-0.3, -0.25) is 4.79 Å². The molecule has 1 aromatic rings. The van der Waals surface area contributed by atoms with Gasteiger partial charge in [-0.1, -0.05) is 13.0 Å². The molecule has 0 radical (unpaired) electrons. The molecule has 1 atom stereocenters. The molecule has 21 heavy (non-hydrogen) atoms. The smallest absolute Gasteiger partial charge is 0.319 e. The van der Waals surface area contributed by atoms with E-state index in [4.69, 9.17) is 9.84 Å². The number of urea groups is 1. The lowest BCUT2D eigenvalue weighted by atomic mass is 10.3. The fourth-order valence-electron chi connectivity index (χ4n) is 1.58. The van der Waals surface area contributed by atoms with Crippen molar-refractivity contribution in [2.24, 2.45) is 0 Å². The van der Waals surface area contributed by atoms with Gasteiger partial charge in [-0.25, -0.2) is 4.79 Å². The average Bonchev–Trinajstić information content (AvgIpc) is 2.43. The van der Waals surface area contributed by atoms with Crippen molar-refractivity contribution in [3.05, 3.63) is 24.3 Å². The summed E-state index contributed by atoms with van der Waals surface area (Å²) in [4.78, 5) is 22.0. The molecule has 3 N–H and O–H groups in total. The van der Waals surface area contributed by atoms with E-state index in [1.165, 1.54) is 0 Å². The molecule has 116 valence electrons. The summed E-state index contributed by atoms with van der Waals surface area (Å²) in [5.41, 5.74) is 0.631. The van der Waals surface area contributed by atoms with Crippen LogP contribution in [0.5, 0.6) is 5.75 Å². The van der Waals surface area contributed by atoms with Crippen LogP contribution in [0.1, 0.15) is 33.1 Å². The minimum Gasteiger partial charge on any atom is -0.491 e. The van der Waals surface area contributed by atoms with Gasteiger partial charge in [-0.05, 0) is 31.9 Å². The van der Waals surface area contributed by atoms with Crippen LogP contribution in [-0.2, 0) is 4.79 Å². The van der Waals surface area contributed by atoms with E-state index in [1.54, 1.807) is 18.2 Å². The molecule has 0 spiro atoms. The quantitative estimate of drug-likeness (QED) is 0.643. The van der Waals surface area contributed by atoms with Crippen LogP contribution >= 0.6 is 0 Å². The van der Waals surface area contributed by atoms with Gasteiger partial charge >= 0.3 is 12.0 Å². The standard InChI is InChI=1S/C15H22N2O4/c1-3-11(2)21-13-7-4-6-12(10-13)17-15(20)16-9-5-8-14(18)19/h4,6-7,10-11H,3,5,8-9H2,1-2H3,(H,18,19)(H2,16,17,20). The third-order valence-corrected chi connectivity index (χ3v) is 2.86. The predicted molar refractivity (Wildman–Crippen MR) is 80.7 cm³/mol. The second-order valence-electron chi connectivity index (χ2n) is 4.74. The van der Waals surface area contributed by atoms with E-state index in [2.05, 4.69) is 10.6 Å². The van der Waals surface area contributed by atoms with Crippen LogP contribution < -0.4 is 15.4 Å². The first-order chi connectivity index (χ1) is 10.0. The maximum atomic E-state index is 11.6. The van der Waals surface area contributed by atoms with Crippen LogP contribution in [0.4, 0.5) is 10.5 Å². The highest BCUT2D eigenvalue weighted by molar-refractivity contribution is 5.89. The highest BCUT2D eigenvalue weighted by Gasteiger charge is 2.05. The summed E-state index contributed by atoms with van der Waals surface area (Å²) in [6.45, 7) is 4.34. The van der Waals surface area contributed by atoms with Crippen molar-refractivity contribution in [2.45, 2.75) is 39.2 Å². The molecule has 0 saturated heterocycles. The summed E-state index contributed by atoms with van der Waals surface area (Å²) in [7, 11) is 0. The van der Waals surface area contributed by atoms with Gasteiger partial charge in [0.2, 0.25) is 0 Å². The van der Waals surface area contributed by atoms with Crippen molar-refractivity contribution in [3.63, 3.8) is 0 Å². The summed E-state index contributed by atoms with van der Waals surface area (Å²) in [6.07, 6.45) is 1.46. The highest BCUT2D eigenvalue weighted by atomic mass is 16.5. The molecular weight excluding hydrogens is 272 g/mol. The maximum absolute atomic E-state index is 11.6. The van der Waals surface area contributed by atoms with Crippen LogP contribution in [0, 0.1) is 0 Å². The van der Waals surface area contributed by atoms with E-state index in [1.807, 2.05) is 19.9 Å². The summed E-state index contributed by atoms with van der Waals surface area (Å²) in [6, 6.07) is 6.80. The molecule has 0 bridgehead atoms. The van der Waals surface area contributed by atoms with Gasteiger partial charge in [0.05, 0.1) is 6.10 Å². The summed E-state index contributed by atoms with van der Waals surface area (Å²) in [5.74, 6) is -0.167. The maximum Gasteiger partial charge on any atom is 0.319 e. The molecule has 0 aromatic heterocycles. The van der Waals surface area contributed by atoms with Gasteiger partial charge in [0.1, 0.15) is 5.75 Å². The van der Waals surface area contributed by atoms with Gasteiger partial charge in [0.25, 0.3) is 0 Å². The Hall–Kier alpha value is -2.24. The van der Waals surface area contributed by atoms with Crippen LogP contribution in [0.2, 0.25) is 0 Å². The molecule has 2 amide bonds. The van der Waals surface area contributed by atoms with E-state index in [9.17, 15) is 9.59 Å². The Morgan fingerprint density at radius 1 is 1.38 bits per heavy atom. The zero-order chi connectivity index (χ0) is 15.7. The van der Waals surface area contributed by atoms with Crippen molar-refractivity contribution in [1.82, 2.24) is 5.32 Å². The largest absolute Gasteiger partial charge is 0.491 e. The fraction of sp³-hybridized carbons (Fsp3) is 0.467. The normalized spacial score (nSPS) is 11.5. The third kappa shape index (κ3) is 7.20. The number of nitrogens with one attached hydrogen (secondary N) is 2. The molecule has 0 fully saturated rings. The Morgan fingerprint density at radius 3 is 2.81 bits per heavy atom. The fourth-order valence-corrected chi connectivity index (χ4v) is 1.58. The second-order valence-corrected chi connectivity index (χ2v) is 4.74. The summed E-state index contributed by atoms with van der Waals surface area (Å²) >= 11 is 0. The van der Waals surface area contributed by atoms with E-state index in [0.29, 0.717) is 24.4 Å². The SMILES string of the molecule is CCC(C)Oc1cccc(NC(=O)NCCCC(=O)O)c1. The molecule has 0 aliphatic rings. The van der Waals surface area contributed by atoms with Gasteiger partial charge in [0, 0.05) is 24.7 Å². The lowest BCUT2D eigenvalue weighted by Crippen LogP contribution is -2.29. The first kappa shape index (κ1) is 16.8. The minimum atomic E-state index is -0.868. The third-order valence-electron chi connectivity index (χ3n) is 2.86. The molecule has 1 rings (SSSR count). The van der Waals surface area contributed by atoms with Crippen molar-refractivity contribution >= 4 is 17.7 Å². The Bertz CT molecular complexity index is 476. The molecule has 0 heterocycles. The Kier molecular flexibility index (Phi) is 7.08. The van der Waals surface area contributed by atoms with Crippen LogP contribution in [0.25, 0.3) is 0 Å². The summed E-state index contributed by atoms with van der Waals surface area (Å²) in [5, 5.41) is 13.8. The predicted octanol–water partition coefficient (Wildman–Crippen LogP) is 2.85. The van der Waals surface area contributed by atoms with Gasteiger partial charge in [-0.15, -0.1) is 0 Å². The van der Waals surface area contributed by atoms with Crippen molar-refractivity contribution in [2.75, 3.05) is 11.9 Å². The Morgan fingerprint density at radius 2 is 2.14 bits per heavy atom. The lowest BCUT2D eigenvalue weighted by molar-refractivity contribution is -0.137. The molecule has 0 aliphatic heterocycles. The number of aliphatic carboxylic acids is 1. The average molecular weight is 294 g/mol. The number of anilines is 1. The first-order valence-electron chi connectivity index (χ1n) is 7.04. The van der Waals surface area contributed by atoms with Crippen LogP contribution in [0.3, 0.4) is 0 Å². The van der Waals surface area contributed by atoms with E-state index in [0.717, 1.165) is 6.42 Å². The van der Waals surface area contributed by atoms with E-state index in [-0.39, 0.29) is 18.6 Å². The van der Waals surface area contributed by atoms with E-state index >= 15 is 0 Å². The van der Waals surface area contributed by atoms with E-state index < -0.39 is 5.97 Å². The Labute approximate surface area is 124 Å². The molecule has 0 aliphatic carbocycles. The zero-order valence-electron chi connectivity index (χ0n) is 12.4. The van der Waals surface area contributed by atoms with Gasteiger partial charge in [-0.2, -0.15) is 0 Å². The Balaban J connectivity index is 2.41. The zero-order valence-corrected chi connectivity index (χ0v) is 12.4. The molecular formula is C15H22N2O4. The number of hydrogen-bond donors (Lipinski definition) is 3. The number of hydrogen-bond acceptors (Lipinski definition) is 3. The number of carbonyl (C=O) groups is 2. The monoisotopic (exact) mass is 294 g/mol. The highest BCUT2D eigenvalue weighted by Crippen LogP contribution is 2.19. The first-order valence-corrected chi connectivity index (χ1v) is 7.04. The van der Waals surface area contributed by atoms with Gasteiger partial charge in [0.15, 0.2) is 0 Å². The number of carbonyl (C=O) groups excluding carboxylic acids is 1. The number of carboxylic acid groups (broad SMARTS) is 1. The minimum absolute atomic E-state index is 0.0402. The molecule has 6 heteroatoms. The van der Waals surface area contributed by atoms with Crippen molar-refractivity contribution in [1.29, 1.82) is 0 Å². The molecule has 6 nitrogen and oxygen atoms in total. The number of rotatable bonds is 8. The molecule has 1 aromatic carbocycles. The molecule has 1 unspecified atom stereocenters. The number of benzene rings is 1. The summed E-state index contributed by atoms with van der Waals surface area (Å²) < 4.78 is 5.67. The topological polar surface area (TPSA) is 87.7 Å². The molecule has 0 saturated carbocycles. The van der Waals surface area contributed by atoms with Crippen molar-refractivity contribution in [3.8, 4) is 5.75 Å².